The van der Waals surface area contributed by atoms with Gasteiger partial charge in [-0.2, -0.15) is 0 Å². The monoisotopic (exact) mass is 252 g/mol. The minimum atomic E-state index is 0.00118. The molecule has 0 N–H and O–H groups in total. The molecule has 0 aromatic heterocycles. The molecule has 1 aliphatic carbocycles. The summed E-state index contributed by atoms with van der Waals surface area (Å²) in [4.78, 5) is 17.3. The van der Waals surface area contributed by atoms with Crippen LogP contribution in [0.25, 0.3) is 0 Å². The highest BCUT2D eigenvalue weighted by Crippen LogP contribution is 2.53. The molecule has 1 unspecified atom stereocenters. The number of nitrogens with zero attached hydrogens (tertiary/aromatic N) is 2. The minimum absolute atomic E-state index is 0.00118. The van der Waals surface area contributed by atoms with E-state index in [1.807, 2.05) is 0 Å². The van der Waals surface area contributed by atoms with Gasteiger partial charge in [0.15, 0.2) is 0 Å². The Kier molecular flexibility index (Phi) is 4.00. The van der Waals surface area contributed by atoms with Crippen molar-refractivity contribution in [1.82, 2.24) is 9.80 Å². The molecule has 18 heavy (non-hydrogen) atoms. The Morgan fingerprint density at radius 1 is 1.33 bits per heavy atom. The Labute approximate surface area is 112 Å². The largest absolute Gasteiger partial charge is 0.337 e. The van der Waals surface area contributed by atoms with Gasteiger partial charge in [-0.25, -0.2) is 0 Å². The van der Waals surface area contributed by atoms with Gasteiger partial charge >= 0.3 is 0 Å². The van der Waals surface area contributed by atoms with Gasteiger partial charge in [0, 0.05) is 25.7 Å². The predicted molar refractivity (Wildman–Crippen MR) is 74.4 cm³/mol. The fraction of sp³-hybridized carbons (Fsp3) is 0.933. The molecule has 0 aromatic rings. The Hall–Kier alpha value is -0.570. The smallest absolute Gasteiger partial charge is 0.229 e. The summed E-state index contributed by atoms with van der Waals surface area (Å²) in [5.74, 6) is 0.923. The van der Waals surface area contributed by atoms with E-state index in [-0.39, 0.29) is 5.41 Å². The third kappa shape index (κ3) is 2.42. The second-order valence-electron chi connectivity index (χ2n) is 6.46. The number of amides is 1. The van der Waals surface area contributed by atoms with Crippen molar-refractivity contribution in [2.24, 2.45) is 11.3 Å². The van der Waals surface area contributed by atoms with Gasteiger partial charge in [0.25, 0.3) is 0 Å². The second kappa shape index (κ2) is 5.20. The summed E-state index contributed by atoms with van der Waals surface area (Å²) < 4.78 is 0. The Balaban J connectivity index is 1.97. The van der Waals surface area contributed by atoms with Crippen LogP contribution in [-0.2, 0) is 4.79 Å². The number of piperazine rings is 1. The Bertz CT molecular complexity index is 310. The lowest BCUT2D eigenvalue weighted by Gasteiger charge is -2.42. The molecule has 1 heterocycles. The van der Waals surface area contributed by atoms with Gasteiger partial charge in [-0.05, 0) is 38.6 Å². The number of hydrogen-bond donors (Lipinski definition) is 0. The molecule has 1 atom stereocenters. The molecular weight excluding hydrogens is 224 g/mol. The topological polar surface area (TPSA) is 23.6 Å². The molecule has 0 radical (unpaired) electrons. The lowest BCUT2D eigenvalue weighted by Crippen LogP contribution is -2.56. The first-order valence-electron chi connectivity index (χ1n) is 7.54. The maximum absolute atomic E-state index is 12.7. The molecule has 0 bridgehead atoms. The van der Waals surface area contributed by atoms with Crippen LogP contribution in [0.1, 0.15) is 47.0 Å². The van der Waals surface area contributed by atoms with E-state index in [1.54, 1.807) is 0 Å². The Morgan fingerprint density at radius 3 is 2.44 bits per heavy atom. The van der Waals surface area contributed by atoms with E-state index < -0.39 is 0 Å². The highest BCUT2D eigenvalue weighted by Gasteiger charge is 2.54. The highest BCUT2D eigenvalue weighted by molar-refractivity contribution is 5.86. The van der Waals surface area contributed by atoms with Crippen LogP contribution in [0.2, 0.25) is 0 Å². The van der Waals surface area contributed by atoms with Gasteiger partial charge in [0.2, 0.25) is 5.91 Å². The van der Waals surface area contributed by atoms with Crippen LogP contribution < -0.4 is 0 Å². The molecule has 2 fully saturated rings. The van der Waals surface area contributed by atoms with Crippen LogP contribution in [0.3, 0.4) is 0 Å². The van der Waals surface area contributed by atoms with Gasteiger partial charge in [0.1, 0.15) is 0 Å². The van der Waals surface area contributed by atoms with Crippen molar-refractivity contribution in [3.63, 3.8) is 0 Å². The number of carbonyl (C=O) groups is 1. The molecule has 104 valence electrons. The van der Waals surface area contributed by atoms with Gasteiger partial charge in [-0.3, -0.25) is 9.69 Å². The average molecular weight is 252 g/mol. The summed E-state index contributed by atoms with van der Waals surface area (Å²) in [6.07, 6.45) is 3.41. The number of hydrogen-bond acceptors (Lipinski definition) is 2. The Morgan fingerprint density at radius 2 is 2.00 bits per heavy atom. The van der Waals surface area contributed by atoms with E-state index in [2.05, 4.69) is 37.5 Å². The third-order valence-corrected chi connectivity index (χ3v) is 4.83. The molecule has 3 nitrogen and oxygen atoms in total. The second-order valence-corrected chi connectivity index (χ2v) is 6.46. The zero-order valence-corrected chi connectivity index (χ0v) is 12.4. The average Bonchev–Trinajstić information content (AvgIpc) is 3.10. The fourth-order valence-corrected chi connectivity index (χ4v) is 3.31. The number of carbonyl (C=O) groups excluding carboxylic acids is 1. The summed E-state index contributed by atoms with van der Waals surface area (Å²) in [6.45, 7) is 13.0. The van der Waals surface area contributed by atoms with Crippen molar-refractivity contribution in [3.8, 4) is 0 Å². The lowest BCUT2D eigenvalue weighted by molar-refractivity contribution is -0.143. The van der Waals surface area contributed by atoms with E-state index in [0.717, 1.165) is 32.5 Å². The zero-order valence-electron chi connectivity index (χ0n) is 12.4. The maximum atomic E-state index is 12.7. The molecule has 0 spiro atoms. The first kappa shape index (κ1) is 13.9. The molecule has 1 amide bonds. The summed E-state index contributed by atoms with van der Waals surface area (Å²) in [6, 6.07) is 0.383. The van der Waals surface area contributed by atoms with Crippen molar-refractivity contribution in [1.29, 1.82) is 0 Å². The van der Waals surface area contributed by atoms with Crippen molar-refractivity contribution < 1.29 is 4.79 Å². The first-order valence-corrected chi connectivity index (χ1v) is 7.54. The summed E-state index contributed by atoms with van der Waals surface area (Å²) in [7, 11) is 0. The van der Waals surface area contributed by atoms with E-state index in [1.165, 1.54) is 13.0 Å². The summed E-state index contributed by atoms with van der Waals surface area (Å²) >= 11 is 0. The maximum Gasteiger partial charge on any atom is 0.229 e. The van der Waals surface area contributed by atoms with Crippen molar-refractivity contribution in [2.75, 3.05) is 26.2 Å². The van der Waals surface area contributed by atoms with E-state index in [9.17, 15) is 4.79 Å². The SMILES string of the molecule is CCCN1CCN(C(=O)C2(C(C)C)CC2)C(C)C1. The molecule has 1 saturated heterocycles. The van der Waals surface area contributed by atoms with Crippen LogP contribution in [0.15, 0.2) is 0 Å². The fourth-order valence-electron chi connectivity index (χ4n) is 3.31. The quantitative estimate of drug-likeness (QED) is 0.767. The molecule has 3 heteroatoms. The van der Waals surface area contributed by atoms with Gasteiger partial charge in [0.05, 0.1) is 5.41 Å². The van der Waals surface area contributed by atoms with E-state index in [4.69, 9.17) is 0 Å². The minimum Gasteiger partial charge on any atom is -0.337 e. The number of rotatable bonds is 4. The normalized spacial score (nSPS) is 27.6. The van der Waals surface area contributed by atoms with Gasteiger partial charge in [-0.15, -0.1) is 0 Å². The van der Waals surface area contributed by atoms with Crippen LogP contribution >= 0.6 is 0 Å². The zero-order chi connectivity index (χ0) is 13.3. The molecule has 2 rings (SSSR count). The highest BCUT2D eigenvalue weighted by atomic mass is 16.2. The summed E-state index contributed by atoms with van der Waals surface area (Å²) in [5, 5.41) is 0. The lowest BCUT2D eigenvalue weighted by atomic mass is 9.90. The van der Waals surface area contributed by atoms with E-state index >= 15 is 0 Å². The van der Waals surface area contributed by atoms with E-state index in [0.29, 0.717) is 17.9 Å². The van der Waals surface area contributed by atoms with Crippen molar-refractivity contribution in [2.45, 2.75) is 53.0 Å². The van der Waals surface area contributed by atoms with Crippen LogP contribution in [0.4, 0.5) is 0 Å². The van der Waals surface area contributed by atoms with Crippen molar-refractivity contribution >= 4 is 5.91 Å². The first-order chi connectivity index (χ1) is 8.51. The third-order valence-electron chi connectivity index (χ3n) is 4.83. The van der Waals surface area contributed by atoms with Crippen LogP contribution in [-0.4, -0.2) is 47.9 Å². The molecule has 1 saturated carbocycles. The van der Waals surface area contributed by atoms with Gasteiger partial charge in [-0.1, -0.05) is 20.8 Å². The molecule has 2 aliphatic rings. The molecular formula is C15H28N2O. The van der Waals surface area contributed by atoms with Crippen molar-refractivity contribution in [3.05, 3.63) is 0 Å². The van der Waals surface area contributed by atoms with Crippen LogP contribution in [0.5, 0.6) is 0 Å². The molecule has 0 aromatic carbocycles. The summed E-state index contributed by atoms with van der Waals surface area (Å²) in [5.41, 5.74) is 0.00118. The van der Waals surface area contributed by atoms with Gasteiger partial charge < -0.3 is 4.90 Å². The molecule has 1 aliphatic heterocycles. The van der Waals surface area contributed by atoms with Crippen LogP contribution in [0, 0.1) is 11.3 Å². The standard InChI is InChI=1S/C15H28N2O/c1-5-8-16-9-10-17(13(4)11-16)14(18)15(6-7-15)12(2)3/h12-13H,5-11H2,1-4H3. The predicted octanol–water partition coefficient (Wildman–Crippen LogP) is 2.37.